The van der Waals surface area contributed by atoms with Crippen LogP contribution in [0.1, 0.15) is 0 Å². The second-order valence-corrected chi connectivity index (χ2v) is 7.64. The van der Waals surface area contributed by atoms with E-state index in [0.717, 1.165) is 11.8 Å². The first-order chi connectivity index (χ1) is 7.35. The van der Waals surface area contributed by atoms with E-state index in [-0.39, 0.29) is 0 Å². The Kier molecular flexibility index (Phi) is 4.59. The van der Waals surface area contributed by atoms with Gasteiger partial charge >= 0.3 is 0 Å². The zero-order valence-corrected chi connectivity index (χ0v) is 11.4. The van der Waals surface area contributed by atoms with Gasteiger partial charge in [0.1, 0.15) is 0 Å². The van der Waals surface area contributed by atoms with Gasteiger partial charge in [0, 0.05) is 10.5 Å². The summed E-state index contributed by atoms with van der Waals surface area (Å²) in [5, 5.41) is 1.31. The summed E-state index contributed by atoms with van der Waals surface area (Å²) >= 11 is 6.22. The summed E-state index contributed by atoms with van der Waals surface area (Å²) in [6.45, 7) is 7.97. The van der Waals surface area contributed by atoms with Gasteiger partial charge in [-0.15, -0.1) is 24.9 Å². The molecule has 2 rings (SSSR count). The summed E-state index contributed by atoms with van der Waals surface area (Å²) < 4.78 is 0. The van der Waals surface area contributed by atoms with Crippen LogP contribution in [0.15, 0.2) is 25.3 Å². The zero-order chi connectivity index (χ0) is 10.7. The van der Waals surface area contributed by atoms with Crippen LogP contribution in [0.5, 0.6) is 0 Å². The fourth-order valence-electron chi connectivity index (χ4n) is 1.79. The zero-order valence-electron chi connectivity index (χ0n) is 8.93. The Morgan fingerprint density at radius 1 is 0.933 bits per heavy atom. The third-order valence-electron chi connectivity index (χ3n) is 3.04. The van der Waals surface area contributed by atoms with Gasteiger partial charge in [-0.2, -0.15) is 23.5 Å². The van der Waals surface area contributed by atoms with Crippen molar-refractivity contribution in [1.82, 2.24) is 0 Å². The minimum absolute atomic E-state index is 0.653. The molecular formula is C12H18S3. The summed E-state index contributed by atoms with van der Waals surface area (Å²) in [7, 11) is 0. The molecule has 0 aromatic carbocycles. The quantitative estimate of drug-likeness (QED) is 0.669. The standard InChI is InChI=1S/C12H18S3/c1-3-11(9-5-13-6-9)15-12(4-2)10-7-14-8-10/h3-4,9-12H,1-2,5-8H2. The van der Waals surface area contributed by atoms with E-state index in [1.54, 1.807) is 0 Å². The van der Waals surface area contributed by atoms with E-state index in [2.05, 4.69) is 60.6 Å². The van der Waals surface area contributed by atoms with Crippen LogP contribution in [0.4, 0.5) is 0 Å². The van der Waals surface area contributed by atoms with Crippen LogP contribution in [0.3, 0.4) is 0 Å². The minimum atomic E-state index is 0.653. The lowest BCUT2D eigenvalue weighted by atomic mass is 10.1. The van der Waals surface area contributed by atoms with Gasteiger partial charge in [0.05, 0.1) is 0 Å². The third kappa shape index (κ3) is 2.80. The van der Waals surface area contributed by atoms with Gasteiger partial charge in [0.25, 0.3) is 0 Å². The molecule has 2 atom stereocenters. The molecule has 0 spiro atoms. The molecule has 2 unspecified atom stereocenters. The highest BCUT2D eigenvalue weighted by Gasteiger charge is 2.32. The average molecular weight is 258 g/mol. The maximum Gasteiger partial charge on any atom is 0.0274 e. The number of thioether (sulfide) groups is 3. The minimum Gasteiger partial charge on any atom is -0.161 e. The van der Waals surface area contributed by atoms with E-state index in [9.17, 15) is 0 Å². The molecule has 0 bridgehead atoms. The van der Waals surface area contributed by atoms with E-state index in [1.165, 1.54) is 23.0 Å². The fraction of sp³-hybridized carbons (Fsp3) is 0.667. The Balaban J connectivity index is 1.85. The first-order valence-electron chi connectivity index (χ1n) is 5.41. The Hall–Kier alpha value is 0.530. The van der Waals surface area contributed by atoms with Crippen LogP contribution < -0.4 is 0 Å². The molecule has 3 heteroatoms. The van der Waals surface area contributed by atoms with Gasteiger partial charge < -0.3 is 0 Å². The smallest absolute Gasteiger partial charge is 0.0274 e. The highest BCUT2D eigenvalue weighted by atomic mass is 32.2. The van der Waals surface area contributed by atoms with E-state index >= 15 is 0 Å². The molecule has 0 amide bonds. The summed E-state index contributed by atoms with van der Waals surface area (Å²) in [5.74, 6) is 7.04. The Morgan fingerprint density at radius 3 is 1.53 bits per heavy atom. The molecule has 0 aliphatic carbocycles. The average Bonchev–Trinajstić information content (AvgIpc) is 2.09. The summed E-state index contributed by atoms with van der Waals surface area (Å²) in [5.41, 5.74) is 0. The Morgan fingerprint density at radius 2 is 1.33 bits per heavy atom. The SMILES string of the molecule is C=CC(SC(C=C)C1CSC1)C1CSC1. The molecule has 2 heterocycles. The molecule has 0 aromatic rings. The van der Waals surface area contributed by atoms with Gasteiger partial charge in [-0.25, -0.2) is 0 Å². The van der Waals surface area contributed by atoms with E-state index in [4.69, 9.17) is 0 Å². The third-order valence-corrected chi connectivity index (χ3v) is 7.47. The topological polar surface area (TPSA) is 0 Å². The molecule has 0 aromatic heterocycles. The van der Waals surface area contributed by atoms with Gasteiger partial charge in [0.2, 0.25) is 0 Å². The van der Waals surface area contributed by atoms with Crippen LogP contribution >= 0.6 is 35.3 Å². The summed E-state index contributed by atoms with van der Waals surface area (Å²) in [6, 6.07) is 0. The molecule has 2 fully saturated rings. The van der Waals surface area contributed by atoms with E-state index in [0.29, 0.717) is 10.5 Å². The second-order valence-electron chi connectivity index (χ2n) is 4.13. The fourth-order valence-corrected chi connectivity index (χ4v) is 5.53. The molecule has 15 heavy (non-hydrogen) atoms. The maximum atomic E-state index is 3.98. The predicted molar refractivity (Wildman–Crippen MR) is 77.2 cm³/mol. The highest BCUT2D eigenvalue weighted by Crippen LogP contribution is 2.41. The first kappa shape index (κ1) is 12.0. The monoisotopic (exact) mass is 258 g/mol. The van der Waals surface area contributed by atoms with Crippen molar-refractivity contribution in [3.63, 3.8) is 0 Å². The van der Waals surface area contributed by atoms with Crippen molar-refractivity contribution in [2.24, 2.45) is 11.8 Å². The van der Waals surface area contributed by atoms with Crippen molar-refractivity contribution in [1.29, 1.82) is 0 Å². The van der Waals surface area contributed by atoms with Gasteiger partial charge in [0.15, 0.2) is 0 Å². The van der Waals surface area contributed by atoms with Crippen molar-refractivity contribution in [2.75, 3.05) is 23.0 Å². The second kappa shape index (κ2) is 5.74. The van der Waals surface area contributed by atoms with Gasteiger partial charge in [-0.05, 0) is 34.8 Å². The van der Waals surface area contributed by atoms with Gasteiger partial charge in [-0.1, -0.05) is 12.2 Å². The van der Waals surface area contributed by atoms with Crippen LogP contribution in [-0.4, -0.2) is 33.5 Å². The van der Waals surface area contributed by atoms with Crippen LogP contribution in [-0.2, 0) is 0 Å². The van der Waals surface area contributed by atoms with Crippen molar-refractivity contribution in [2.45, 2.75) is 10.5 Å². The van der Waals surface area contributed by atoms with Gasteiger partial charge in [-0.3, -0.25) is 0 Å². The summed E-state index contributed by atoms with van der Waals surface area (Å²) in [6.07, 6.45) is 4.30. The molecule has 84 valence electrons. The Bertz CT molecular complexity index is 207. The number of hydrogen-bond donors (Lipinski definition) is 0. The molecule has 0 radical (unpaired) electrons. The normalized spacial score (nSPS) is 26.1. The van der Waals surface area contributed by atoms with E-state index < -0.39 is 0 Å². The molecule has 2 aliphatic heterocycles. The molecule has 0 saturated carbocycles. The Labute approximate surface area is 106 Å². The lowest BCUT2D eigenvalue weighted by Gasteiger charge is -2.37. The van der Waals surface area contributed by atoms with Crippen LogP contribution in [0.25, 0.3) is 0 Å². The van der Waals surface area contributed by atoms with Crippen molar-refractivity contribution in [3.05, 3.63) is 25.3 Å². The lowest BCUT2D eigenvalue weighted by Crippen LogP contribution is -2.34. The van der Waals surface area contributed by atoms with Crippen molar-refractivity contribution < 1.29 is 0 Å². The highest BCUT2D eigenvalue weighted by molar-refractivity contribution is 8.03. The molecule has 0 nitrogen and oxygen atoms in total. The predicted octanol–water partition coefficient (Wildman–Crippen LogP) is 3.55. The van der Waals surface area contributed by atoms with Crippen LogP contribution in [0.2, 0.25) is 0 Å². The first-order valence-corrected chi connectivity index (χ1v) is 8.66. The van der Waals surface area contributed by atoms with Crippen LogP contribution in [0, 0.1) is 11.8 Å². The van der Waals surface area contributed by atoms with E-state index in [1.807, 2.05) is 0 Å². The van der Waals surface area contributed by atoms with Crippen molar-refractivity contribution in [3.8, 4) is 0 Å². The van der Waals surface area contributed by atoms with Crippen molar-refractivity contribution >= 4 is 35.3 Å². The molecule has 2 aliphatic rings. The number of hydrogen-bond acceptors (Lipinski definition) is 3. The molecular weight excluding hydrogens is 240 g/mol. The largest absolute Gasteiger partial charge is 0.161 e. The maximum absolute atomic E-state index is 3.98. The summed E-state index contributed by atoms with van der Waals surface area (Å²) in [4.78, 5) is 0. The number of rotatable bonds is 6. The molecule has 0 N–H and O–H groups in total. The molecule has 2 saturated heterocycles. The lowest BCUT2D eigenvalue weighted by molar-refractivity contribution is 0.641.